The van der Waals surface area contributed by atoms with E-state index in [1.807, 2.05) is 18.4 Å². The van der Waals surface area contributed by atoms with Gasteiger partial charge in [0.15, 0.2) is 23.2 Å². The Morgan fingerprint density at radius 1 is 1.00 bits per heavy atom. The lowest BCUT2D eigenvalue weighted by atomic mass is 9.77. The van der Waals surface area contributed by atoms with E-state index in [9.17, 15) is 18.7 Å². The van der Waals surface area contributed by atoms with Crippen molar-refractivity contribution in [3.63, 3.8) is 0 Å². The first-order chi connectivity index (χ1) is 18.5. The number of carbonyl (C=O) groups is 1. The largest absolute Gasteiger partial charge is 0.483 e. The van der Waals surface area contributed by atoms with Gasteiger partial charge in [0.05, 0.1) is 22.6 Å². The van der Waals surface area contributed by atoms with Gasteiger partial charge in [-0.25, -0.2) is 22.9 Å². The topological polar surface area (TPSA) is 64.3 Å². The Morgan fingerprint density at radius 3 is 2.31 bits per heavy atom. The van der Waals surface area contributed by atoms with Gasteiger partial charge in [-0.1, -0.05) is 30.9 Å². The first-order valence-corrected chi connectivity index (χ1v) is 13.3. The molecule has 0 spiro atoms. The van der Waals surface area contributed by atoms with Gasteiger partial charge in [0.1, 0.15) is 11.4 Å². The van der Waals surface area contributed by atoms with Crippen molar-refractivity contribution in [3.8, 4) is 17.1 Å². The molecule has 5 nitrogen and oxygen atoms in total. The summed E-state index contributed by atoms with van der Waals surface area (Å²) in [5, 5.41) is 9.76. The Hall–Kier alpha value is -3.52. The lowest BCUT2D eigenvalue weighted by molar-refractivity contribution is 0.0107. The second-order valence-corrected chi connectivity index (χ2v) is 11.0. The van der Waals surface area contributed by atoms with Crippen LogP contribution in [0, 0.1) is 23.4 Å². The third-order valence-corrected chi connectivity index (χ3v) is 7.72. The summed E-state index contributed by atoms with van der Waals surface area (Å²) >= 11 is 6.13. The zero-order valence-corrected chi connectivity index (χ0v) is 22.3. The summed E-state index contributed by atoms with van der Waals surface area (Å²) < 4.78 is 52.2. The molecule has 0 saturated heterocycles. The maximum Gasteiger partial charge on any atom is 0.335 e. The van der Waals surface area contributed by atoms with Crippen LogP contribution in [0.15, 0.2) is 54.6 Å². The molecule has 1 atom stereocenters. The highest BCUT2D eigenvalue weighted by molar-refractivity contribution is 6.30. The molecule has 1 fully saturated rings. The van der Waals surface area contributed by atoms with Crippen LogP contribution in [0.3, 0.4) is 0 Å². The number of halogens is 4. The molecule has 5 rings (SSSR count). The molecule has 0 aliphatic heterocycles. The average molecular weight is 557 g/mol. The average Bonchev–Trinajstić information content (AvgIpc) is 3.23. The van der Waals surface area contributed by atoms with Gasteiger partial charge < -0.3 is 14.4 Å². The van der Waals surface area contributed by atoms with Gasteiger partial charge in [-0.2, -0.15) is 0 Å². The fraction of sp³-hybridized carbons (Fsp3) is 0.333. The van der Waals surface area contributed by atoms with E-state index in [1.165, 1.54) is 12.1 Å². The molecule has 1 unspecified atom stereocenters. The smallest absolute Gasteiger partial charge is 0.335 e. The van der Waals surface area contributed by atoms with Gasteiger partial charge in [-0.05, 0) is 75.1 Å². The van der Waals surface area contributed by atoms with Crippen molar-refractivity contribution in [2.75, 3.05) is 0 Å². The summed E-state index contributed by atoms with van der Waals surface area (Å²) in [6.07, 6.45) is 4.79. The number of aromatic nitrogens is 2. The first-order valence-electron chi connectivity index (χ1n) is 12.9. The van der Waals surface area contributed by atoms with E-state index in [0.717, 1.165) is 50.3 Å². The quantitative estimate of drug-likeness (QED) is 0.248. The Balaban J connectivity index is 1.71. The summed E-state index contributed by atoms with van der Waals surface area (Å²) in [6.45, 7) is 3.66. The van der Waals surface area contributed by atoms with Crippen molar-refractivity contribution < 1.29 is 27.8 Å². The number of fused-ring (bicyclic) bond motifs is 1. The zero-order chi connectivity index (χ0) is 27.9. The molecule has 9 heteroatoms. The number of ether oxygens (including phenoxy) is 1. The van der Waals surface area contributed by atoms with Gasteiger partial charge in [0.25, 0.3) is 0 Å². The van der Waals surface area contributed by atoms with Crippen LogP contribution in [0.25, 0.3) is 22.4 Å². The van der Waals surface area contributed by atoms with E-state index in [4.69, 9.17) is 21.3 Å². The highest BCUT2D eigenvalue weighted by Crippen LogP contribution is 2.45. The van der Waals surface area contributed by atoms with E-state index in [-0.39, 0.29) is 22.7 Å². The molecule has 1 aromatic heterocycles. The van der Waals surface area contributed by atoms with Crippen molar-refractivity contribution in [3.05, 3.63) is 82.6 Å². The van der Waals surface area contributed by atoms with Crippen LogP contribution in [-0.2, 0) is 0 Å². The molecule has 1 aliphatic rings. The van der Waals surface area contributed by atoms with Crippen LogP contribution < -0.4 is 4.74 Å². The van der Waals surface area contributed by atoms with E-state index in [2.05, 4.69) is 0 Å². The number of benzene rings is 3. The minimum atomic E-state index is -1.24. The summed E-state index contributed by atoms with van der Waals surface area (Å²) in [4.78, 5) is 16.0. The molecular formula is C30H28ClF3N2O3. The van der Waals surface area contributed by atoms with Crippen LogP contribution in [0.4, 0.5) is 13.2 Å². The van der Waals surface area contributed by atoms with Gasteiger partial charge in [0, 0.05) is 22.7 Å². The Labute approximate surface area is 229 Å². The predicted molar refractivity (Wildman–Crippen MR) is 144 cm³/mol. The molecule has 0 amide bonds. The van der Waals surface area contributed by atoms with Crippen molar-refractivity contribution in [2.24, 2.45) is 5.92 Å². The Kier molecular flexibility index (Phi) is 7.33. The minimum Gasteiger partial charge on any atom is -0.483 e. The number of nitrogens with zero attached hydrogens (tertiary/aromatic N) is 2. The number of rotatable bonds is 7. The molecule has 1 heterocycles. The summed E-state index contributed by atoms with van der Waals surface area (Å²) in [5.41, 5.74) is 0.114. The highest BCUT2D eigenvalue weighted by Gasteiger charge is 2.42. The molecular weight excluding hydrogens is 529 g/mol. The number of aromatic carboxylic acids is 1. The summed E-state index contributed by atoms with van der Waals surface area (Å²) in [5.74, 6) is -3.59. The molecule has 1 aliphatic carbocycles. The number of hydrogen-bond acceptors (Lipinski definition) is 3. The zero-order valence-electron chi connectivity index (χ0n) is 21.6. The fourth-order valence-electron chi connectivity index (χ4n) is 5.77. The molecule has 0 bridgehead atoms. The second kappa shape index (κ2) is 10.6. The SMILES string of the molecule is CC(C)(Oc1ccc(C(=O)O)cc1F)C(C1CCCCC1)n1c(-c2ccc(Cl)cc2)nc2cc(F)c(F)cc21. The van der Waals surface area contributed by atoms with Crippen LogP contribution in [0.1, 0.15) is 62.4 Å². The molecule has 1 saturated carbocycles. The third-order valence-electron chi connectivity index (χ3n) is 7.47. The Bertz CT molecular complexity index is 1530. The molecule has 1 N–H and O–H groups in total. The van der Waals surface area contributed by atoms with Crippen molar-refractivity contribution in [1.29, 1.82) is 0 Å². The predicted octanol–water partition coefficient (Wildman–Crippen LogP) is 8.45. The van der Waals surface area contributed by atoms with E-state index in [0.29, 0.717) is 21.9 Å². The molecule has 39 heavy (non-hydrogen) atoms. The molecule has 204 valence electrons. The molecule has 4 aromatic rings. The van der Waals surface area contributed by atoms with Gasteiger partial charge in [-0.3, -0.25) is 0 Å². The standard InChI is InChI=1S/C30H28ClF3N2O3/c1-30(2,39-26-13-10-19(29(37)38)14-23(26)34)27(17-6-4-3-5-7-17)36-25-16-22(33)21(32)15-24(25)35-28(36)18-8-11-20(31)12-9-18/h8-17,27H,3-7H2,1-2H3,(H,37,38). The van der Waals surface area contributed by atoms with Crippen molar-refractivity contribution in [2.45, 2.75) is 57.6 Å². The number of hydrogen-bond donors (Lipinski definition) is 1. The van der Waals surface area contributed by atoms with Gasteiger partial charge >= 0.3 is 5.97 Å². The highest BCUT2D eigenvalue weighted by atomic mass is 35.5. The van der Waals surface area contributed by atoms with Crippen LogP contribution in [-0.4, -0.2) is 26.2 Å². The second-order valence-electron chi connectivity index (χ2n) is 10.6. The van der Waals surface area contributed by atoms with Crippen LogP contribution in [0.2, 0.25) is 5.02 Å². The minimum absolute atomic E-state index is 0.0617. The van der Waals surface area contributed by atoms with E-state index >= 15 is 4.39 Å². The van der Waals surface area contributed by atoms with Crippen LogP contribution in [0.5, 0.6) is 5.75 Å². The van der Waals surface area contributed by atoms with Crippen molar-refractivity contribution >= 4 is 28.6 Å². The number of carboxylic acids is 1. The molecule has 3 aromatic carbocycles. The first kappa shape index (κ1) is 27.1. The fourth-order valence-corrected chi connectivity index (χ4v) is 5.90. The van der Waals surface area contributed by atoms with Gasteiger partial charge in [-0.15, -0.1) is 0 Å². The lowest BCUT2D eigenvalue weighted by Crippen LogP contribution is -2.44. The Morgan fingerprint density at radius 2 is 1.67 bits per heavy atom. The van der Waals surface area contributed by atoms with Crippen LogP contribution >= 0.6 is 11.6 Å². The van der Waals surface area contributed by atoms with E-state index < -0.39 is 35.1 Å². The normalized spacial score (nSPS) is 15.4. The summed E-state index contributed by atoms with van der Waals surface area (Å²) in [6, 6.07) is 12.3. The number of imidazole rings is 1. The lowest BCUT2D eigenvalue weighted by Gasteiger charge is -2.43. The molecule has 0 radical (unpaired) electrons. The monoisotopic (exact) mass is 556 g/mol. The summed E-state index contributed by atoms with van der Waals surface area (Å²) in [7, 11) is 0. The van der Waals surface area contributed by atoms with Gasteiger partial charge in [0.2, 0.25) is 0 Å². The van der Waals surface area contributed by atoms with Crippen molar-refractivity contribution in [1.82, 2.24) is 9.55 Å². The maximum atomic E-state index is 15.0. The third kappa shape index (κ3) is 5.35. The number of carboxylic acid groups (broad SMARTS) is 1. The van der Waals surface area contributed by atoms with E-state index in [1.54, 1.807) is 24.3 Å². The maximum absolute atomic E-state index is 15.0.